The third kappa shape index (κ3) is 3.50. The number of hydrogen-bond donors (Lipinski definition) is 1. The van der Waals surface area contributed by atoms with E-state index in [1.165, 1.54) is 0 Å². The van der Waals surface area contributed by atoms with Crippen LogP contribution in [-0.4, -0.2) is 4.98 Å². The number of oxazole rings is 1. The summed E-state index contributed by atoms with van der Waals surface area (Å²) in [4.78, 5) is 4.33. The lowest BCUT2D eigenvalue weighted by molar-refractivity contribution is 0.432. The topological polar surface area (TPSA) is 38.1 Å². The van der Waals surface area contributed by atoms with E-state index >= 15 is 0 Å². The molecule has 3 nitrogen and oxygen atoms in total. The summed E-state index contributed by atoms with van der Waals surface area (Å²) in [5.74, 6) is 1.56. The summed E-state index contributed by atoms with van der Waals surface area (Å²) in [5, 5.41) is 4.48. The Labute approximate surface area is 122 Å². The van der Waals surface area contributed by atoms with Gasteiger partial charge in [0.2, 0.25) is 5.89 Å². The highest BCUT2D eigenvalue weighted by Gasteiger charge is 2.10. The van der Waals surface area contributed by atoms with Gasteiger partial charge >= 0.3 is 0 Å². The quantitative estimate of drug-likeness (QED) is 0.906. The van der Waals surface area contributed by atoms with Gasteiger partial charge in [0.05, 0.1) is 22.3 Å². The first-order valence-electron chi connectivity index (χ1n) is 6.08. The summed E-state index contributed by atoms with van der Waals surface area (Å²) < 4.78 is 5.52. The minimum atomic E-state index is 0.141. The summed E-state index contributed by atoms with van der Waals surface area (Å²) in [6.07, 6.45) is 0. The monoisotopic (exact) mass is 298 g/mol. The van der Waals surface area contributed by atoms with E-state index in [1.807, 2.05) is 26.0 Å². The highest BCUT2D eigenvalue weighted by atomic mass is 35.5. The molecule has 5 heteroatoms. The fourth-order valence-electron chi connectivity index (χ4n) is 1.75. The molecule has 0 spiro atoms. The molecule has 1 atom stereocenters. The summed E-state index contributed by atoms with van der Waals surface area (Å²) >= 11 is 11.9. The van der Waals surface area contributed by atoms with Gasteiger partial charge in [0.15, 0.2) is 0 Å². The maximum absolute atomic E-state index is 6.01. The molecule has 1 heterocycles. The van der Waals surface area contributed by atoms with Crippen LogP contribution in [0.2, 0.25) is 10.0 Å². The van der Waals surface area contributed by atoms with Gasteiger partial charge in [-0.15, -0.1) is 0 Å². The molecule has 19 heavy (non-hydrogen) atoms. The first kappa shape index (κ1) is 14.4. The van der Waals surface area contributed by atoms with Crippen LogP contribution in [-0.2, 0) is 6.54 Å². The van der Waals surface area contributed by atoms with Crippen molar-refractivity contribution in [1.82, 2.24) is 10.3 Å². The van der Waals surface area contributed by atoms with Gasteiger partial charge in [-0.05, 0) is 38.5 Å². The van der Waals surface area contributed by atoms with E-state index in [4.69, 9.17) is 27.6 Å². The zero-order valence-corrected chi connectivity index (χ0v) is 12.6. The lowest BCUT2D eigenvalue weighted by atomic mass is 10.1. The Bertz CT molecular complexity index is 561. The number of nitrogens with zero attached hydrogens (tertiary/aromatic N) is 1. The van der Waals surface area contributed by atoms with E-state index in [9.17, 15) is 0 Å². The second-order valence-corrected chi connectivity index (χ2v) is 5.34. The van der Waals surface area contributed by atoms with Crippen LogP contribution in [0.25, 0.3) is 0 Å². The zero-order chi connectivity index (χ0) is 14.0. The molecule has 1 N–H and O–H groups in total. The molecule has 0 saturated heterocycles. The Balaban J connectivity index is 2.00. The maximum Gasteiger partial charge on any atom is 0.208 e. The number of aromatic nitrogens is 1. The van der Waals surface area contributed by atoms with E-state index in [1.54, 1.807) is 6.07 Å². The van der Waals surface area contributed by atoms with Crippen LogP contribution in [0, 0.1) is 13.8 Å². The van der Waals surface area contributed by atoms with E-state index in [2.05, 4.69) is 17.2 Å². The van der Waals surface area contributed by atoms with Crippen molar-refractivity contribution in [2.24, 2.45) is 0 Å². The second-order valence-electron chi connectivity index (χ2n) is 4.53. The van der Waals surface area contributed by atoms with Crippen LogP contribution in [0.15, 0.2) is 22.6 Å². The fraction of sp³-hybridized carbons (Fsp3) is 0.357. The molecule has 0 bridgehead atoms. The first-order chi connectivity index (χ1) is 8.97. The molecule has 1 unspecified atom stereocenters. The number of halogens is 2. The van der Waals surface area contributed by atoms with E-state index in [0.29, 0.717) is 22.5 Å². The highest BCUT2D eigenvalue weighted by molar-refractivity contribution is 6.42. The maximum atomic E-state index is 6.01. The van der Waals surface area contributed by atoms with Crippen molar-refractivity contribution < 1.29 is 4.42 Å². The Morgan fingerprint density at radius 1 is 1.26 bits per heavy atom. The predicted molar refractivity (Wildman–Crippen MR) is 77.7 cm³/mol. The van der Waals surface area contributed by atoms with Crippen molar-refractivity contribution in [2.45, 2.75) is 33.4 Å². The molecule has 0 amide bonds. The molecule has 0 aliphatic carbocycles. The van der Waals surface area contributed by atoms with Gasteiger partial charge in [0.25, 0.3) is 0 Å². The van der Waals surface area contributed by atoms with Gasteiger partial charge in [-0.1, -0.05) is 29.3 Å². The highest BCUT2D eigenvalue weighted by Crippen LogP contribution is 2.25. The lowest BCUT2D eigenvalue weighted by Gasteiger charge is -2.13. The average Bonchev–Trinajstić information content (AvgIpc) is 2.69. The molecule has 0 fully saturated rings. The van der Waals surface area contributed by atoms with Gasteiger partial charge in [-0.25, -0.2) is 4.98 Å². The Kier molecular flexibility index (Phi) is 4.50. The summed E-state index contributed by atoms with van der Waals surface area (Å²) in [6.45, 7) is 6.48. The SMILES string of the molecule is Cc1nc(CNC(C)c2ccc(Cl)c(Cl)c2)oc1C. The molecule has 0 radical (unpaired) electrons. The van der Waals surface area contributed by atoms with Gasteiger partial charge in [-0.2, -0.15) is 0 Å². The first-order valence-corrected chi connectivity index (χ1v) is 6.84. The number of benzene rings is 1. The smallest absolute Gasteiger partial charge is 0.208 e. The Hall–Kier alpha value is -1.03. The molecular formula is C14H16Cl2N2O. The van der Waals surface area contributed by atoms with E-state index in [-0.39, 0.29) is 6.04 Å². The van der Waals surface area contributed by atoms with Crippen molar-refractivity contribution in [2.75, 3.05) is 0 Å². The minimum Gasteiger partial charge on any atom is -0.444 e. The van der Waals surface area contributed by atoms with E-state index in [0.717, 1.165) is 17.0 Å². The largest absolute Gasteiger partial charge is 0.444 e. The van der Waals surface area contributed by atoms with Gasteiger partial charge in [0.1, 0.15) is 5.76 Å². The molecule has 2 aromatic rings. The van der Waals surface area contributed by atoms with Crippen molar-refractivity contribution in [1.29, 1.82) is 0 Å². The van der Waals surface area contributed by atoms with Crippen LogP contribution in [0.1, 0.15) is 35.9 Å². The Morgan fingerprint density at radius 2 is 2.00 bits per heavy atom. The average molecular weight is 299 g/mol. The van der Waals surface area contributed by atoms with Gasteiger partial charge < -0.3 is 9.73 Å². The van der Waals surface area contributed by atoms with Crippen molar-refractivity contribution >= 4 is 23.2 Å². The van der Waals surface area contributed by atoms with Crippen LogP contribution >= 0.6 is 23.2 Å². The van der Waals surface area contributed by atoms with E-state index < -0.39 is 0 Å². The summed E-state index contributed by atoms with van der Waals surface area (Å²) in [7, 11) is 0. The standard InChI is InChI=1S/C14H16Cl2N2O/c1-8-10(3)19-14(18-8)7-17-9(2)11-4-5-12(15)13(16)6-11/h4-6,9,17H,7H2,1-3H3. The lowest BCUT2D eigenvalue weighted by Crippen LogP contribution is -2.18. The zero-order valence-electron chi connectivity index (χ0n) is 11.1. The second kappa shape index (κ2) is 5.95. The number of rotatable bonds is 4. The van der Waals surface area contributed by atoms with Crippen LogP contribution < -0.4 is 5.32 Å². The van der Waals surface area contributed by atoms with Crippen molar-refractivity contribution in [3.05, 3.63) is 51.2 Å². The molecule has 0 aliphatic heterocycles. The van der Waals surface area contributed by atoms with Crippen molar-refractivity contribution in [3.8, 4) is 0 Å². The van der Waals surface area contributed by atoms with Crippen molar-refractivity contribution in [3.63, 3.8) is 0 Å². The molecule has 0 saturated carbocycles. The summed E-state index contributed by atoms with van der Waals surface area (Å²) in [6, 6.07) is 5.77. The third-order valence-electron chi connectivity index (χ3n) is 3.08. The minimum absolute atomic E-state index is 0.141. The molecule has 1 aromatic heterocycles. The fourth-order valence-corrected chi connectivity index (χ4v) is 2.06. The van der Waals surface area contributed by atoms with Crippen LogP contribution in [0.5, 0.6) is 0 Å². The Morgan fingerprint density at radius 3 is 2.58 bits per heavy atom. The molecule has 1 aromatic carbocycles. The molecule has 2 rings (SSSR count). The third-order valence-corrected chi connectivity index (χ3v) is 3.81. The summed E-state index contributed by atoms with van der Waals surface area (Å²) in [5.41, 5.74) is 2.01. The molecular weight excluding hydrogens is 283 g/mol. The van der Waals surface area contributed by atoms with Gasteiger partial charge in [-0.3, -0.25) is 0 Å². The van der Waals surface area contributed by atoms with Crippen LogP contribution in [0.3, 0.4) is 0 Å². The van der Waals surface area contributed by atoms with Crippen LogP contribution in [0.4, 0.5) is 0 Å². The number of hydrogen-bond acceptors (Lipinski definition) is 3. The molecule has 102 valence electrons. The normalized spacial score (nSPS) is 12.7. The molecule has 0 aliphatic rings. The predicted octanol–water partition coefficient (Wildman–Crippen LogP) is 4.45. The van der Waals surface area contributed by atoms with Gasteiger partial charge in [0, 0.05) is 6.04 Å². The number of aryl methyl sites for hydroxylation is 2. The number of nitrogens with one attached hydrogen (secondary N) is 1.